The van der Waals surface area contributed by atoms with Crippen LogP contribution in [0.2, 0.25) is 0 Å². The summed E-state index contributed by atoms with van der Waals surface area (Å²) in [5, 5.41) is 2.66. The van der Waals surface area contributed by atoms with Crippen molar-refractivity contribution in [3.63, 3.8) is 0 Å². The Morgan fingerprint density at radius 2 is 1.83 bits per heavy atom. The summed E-state index contributed by atoms with van der Waals surface area (Å²) in [4.78, 5) is 25.1. The van der Waals surface area contributed by atoms with Gasteiger partial charge >= 0.3 is 0 Å². The molecule has 7 nitrogen and oxygen atoms in total. The second-order valence-corrected chi connectivity index (χ2v) is 6.52. The summed E-state index contributed by atoms with van der Waals surface area (Å²) in [6.07, 6.45) is 3.51. The average molecular weight is 403 g/mol. The number of hydrogen-bond acceptors (Lipinski definition) is 5. The van der Waals surface area contributed by atoms with Gasteiger partial charge in [-0.1, -0.05) is 12.1 Å². The monoisotopic (exact) mass is 403 g/mol. The van der Waals surface area contributed by atoms with Gasteiger partial charge in [0.25, 0.3) is 5.91 Å². The molecule has 2 heterocycles. The van der Waals surface area contributed by atoms with E-state index in [0.717, 1.165) is 5.82 Å². The summed E-state index contributed by atoms with van der Waals surface area (Å²) in [6, 6.07) is 14.3. The first-order valence-electron chi connectivity index (χ1n) is 9.19. The van der Waals surface area contributed by atoms with Crippen molar-refractivity contribution in [3.8, 4) is 17.4 Å². The highest BCUT2D eigenvalue weighted by atomic mass is 19.1. The lowest BCUT2D eigenvalue weighted by Crippen LogP contribution is -2.13. The maximum Gasteiger partial charge on any atom is 0.258 e. The molecule has 0 saturated heterocycles. The molecule has 1 amide bonds. The molecule has 0 aliphatic rings. The van der Waals surface area contributed by atoms with E-state index in [1.54, 1.807) is 49.5 Å². The van der Waals surface area contributed by atoms with E-state index >= 15 is 0 Å². The Labute approximate surface area is 172 Å². The van der Waals surface area contributed by atoms with Crippen LogP contribution in [0, 0.1) is 19.7 Å². The molecule has 2 aromatic carbocycles. The summed E-state index contributed by atoms with van der Waals surface area (Å²) in [7, 11) is 0. The number of imidazole rings is 1. The molecule has 150 valence electrons. The molecule has 0 atom stereocenters. The van der Waals surface area contributed by atoms with Crippen molar-refractivity contribution in [2.24, 2.45) is 0 Å². The van der Waals surface area contributed by atoms with Crippen molar-refractivity contribution in [1.29, 1.82) is 0 Å². The number of halogens is 1. The topological polar surface area (TPSA) is 81.9 Å². The second kappa shape index (κ2) is 8.12. The van der Waals surface area contributed by atoms with Crippen molar-refractivity contribution in [2.45, 2.75) is 13.8 Å². The number of hydrogen-bond donors (Lipinski definition) is 1. The molecule has 2 aromatic heterocycles. The zero-order valence-electron chi connectivity index (χ0n) is 16.3. The number of nitrogens with zero attached hydrogens (tertiary/aromatic N) is 4. The minimum Gasteiger partial charge on any atom is -0.439 e. The fraction of sp³-hybridized carbons (Fsp3) is 0.0909. The van der Waals surface area contributed by atoms with E-state index in [-0.39, 0.29) is 5.56 Å². The third-order valence-corrected chi connectivity index (χ3v) is 4.33. The van der Waals surface area contributed by atoms with Gasteiger partial charge in [-0.3, -0.25) is 9.36 Å². The van der Waals surface area contributed by atoms with Gasteiger partial charge in [-0.2, -0.15) is 4.98 Å². The van der Waals surface area contributed by atoms with E-state index in [0.29, 0.717) is 29.0 Å². The molecule has 8 heteroatoms. The quantitative estimate of drug-likeness (QED) is 0.532. The summed E-state index contributed by atoms with van der Waals surface area (Å²) >= 11 is 0. The van der Waals surface area contributed by atoms with E-state index in [1.807, 2.05) is 17.7 Å². The summed E-state index contributed by atoms with van der Waals surface area (Å²) < 4.78 is 21.4. The van der Waals surface area contributed by atoms with Crippen LogP contribution in [-0.2, 0) is 0 Å². The maximum atomic E-state index is 13.7. The largest absolute Gasteiger partial charge is 0.439 e. The van der Waals surface area contributed by atoms with Gasteiger partial charge in [0.15, 0.2) is 0 Å². The number of aryl methyl sites for hydroxylation is 2. The Kier molecular flexibility index (Phi) is 5.21. The average Bonchev–Trinajstić information content (AvgIpc) is 3.15. The number of anilines is 1. The molecule has 0 fully saturated rings. The third-order valence-electron chi connectivity index (χ3n) is 4.33. The van der Waals surface area contributed by atoms with Gasteiger partial charge in [0, 0.05) is 24.1 Å². The molecule has 0 aliphatic heterocycles. The van der Waals surface area contributed by atoms with Gasteiger partial charge in [-0.25, -0.2) is 14.4 Å². The molecule has 4 rings (SSSR count). The highest BCUT2D eigenvalue weighted by molar-refractivity contribution is 6.04. The first kappa shape index (κ1) is 19.3. The van der Waals surface area contributed by atoms with Gasteiger partial charge in [0.2, 0.25) is 5.88 Å². The van der Waals surface area contributed by atoms with Crippen LogP contribution in [0.1, 0.15) is 22.0 Å². The predicted molar refractivity (Wildman–Crippen MR) is 109 cm³/mol. The van der Waals surface area contributed by atoms with Crippen molar-refractivity contribution < 1.29 is 13.9 Å². The second-order valence-electron chi connectivity index (χ2n) is 6.52. The van der Waals surface area contributed by atoms with E-state index < -0.39 is 11.7 Å². The highest BCUT2D eigenvalue weighted by Gasteiger charge is 2.12. The molecule has 0 unspecified atom stereocenters. The SMILES string of the molecule is Cc1nc(Oc2ccc(NC(=O)c3ccccc3F)cc2)cc(-n2ccnc2C)n1. The predicted octanol–water partition coefficient (Wildman–Crippen LogP) is 4.46. The van der Waals surface area contributed by atoms with E-state index in [2.05, 4.69) is 20.3 Å². The lowest BCUT2D eigenvalue weighted by atomic mass is 10.2. The van der Waals surface area contributed by atoms with Gasteiger partial charge < -0.3 is 10.1 Å². The Hall–Kier alpha value is -4.07. The van der Waals surface area contributed by atoms with Crippen molar-refractivity contribution in [3.05, 3.63) is 90.0 Å². The first-order chi connectivity index (χ1) is 14.5. The zero-order chi connectivity index (χ0) is 21.1. The molecule has 1 N–H and O–H groups in total. The van der Waals surface area contributed by atoms with Crippen LogP contribution in [0.5, 0.6) is 11.6 Å². The molecule has 0 spiro atoms. The molecule has 0 aliphatic carbocycles. The van der Waals surface area contributed by atoms with Gasteiger partial charge in [0.05, 0.1) is 5.56 Å². The van der Waals surface area contributed by atoms with E-state index in [1.165, 1.54) is 18.2 Å². The number of ether oxygens (including phenoxy) is 1. The number of benzene rings is 2. The fourth-order valence-electron chi connectivity index (χ4n) is 2.89. The normalized spacial score (nSPS) is 10.6. The highest BCUT2D eigenvalue weighted by Crippen LogP contribution is 2.24. The molecule has 0 radical (unpaired) electrons. The minimum absolute atomic E-state index is 0.0170. The number of amides is 1. The van der Waals surface area contributed by atoms with Crippen LogP contribution in [0.15, 0.2) is 67.0 Å². The summed E-state index contributed by atoms with van der Waals surface area (Å²) in [5.74, 6) is 1.84. The Morgan fingerprint density at radius 3 is 2.53 bits per heavy atom. The Balaban J connectivity index is 1.49. The van der Waals surface area contributed by atoms with Crippen molar-refractivity contribution in [2.75, 3.05) is 5.32 Å². The summed E-state index contributed by atoms with van der Waals surface area (Å²) in [6.45, 7) is 3.66. The smallest absolute Gasteiger partial charge is 0.258 e. The lowest BCUT2D eigenvalue weighted by molar-refractivity contribution is 0.102. The lowest BCUT2D eigenvalue weighted by Gasteiger charge is -2.10. The van der Waals surface area contributed by atoms with Crippen LogP contribution in [0.25, 0.3) is 5.82 Å². The molecular weight excluding hydrogens is 385 g/mol. The van der Waals surface area contributed by atoms with E-state index in [4.69, 9.17) is 4.74 Å². The molecule has 30 heavy (non-hydrogen) atoms. The molecular formula is C22H18FN5O2. The standard InChI is InChI=1S/C22H18FN5O2/c1-14-25-20(28-12-11-24-15(28)2)13-21(26-14)30-17-9-7-16(8-10-17)27-22(29)18-5-3-4-6-19(18)23/h3-13H,1-2H3,(H,27,29). The van der Waals surface area contributed by atoms with E-state index in [9.17, 15) is 9.18 Å². The Morgan fingerprint density at radius 1 is 1.07 bits per heavy atom. The number of carbonyl (C=O) groups is 1. The van der Waals surface area contributed by atoms with Gasteiger partial charge in [0.1, 0.15) is 29.0 Å². The number of aromatic nitrogens is 4. The van der Waals surface area contributed by atoms with Crippen LogP contribution < -0.4 is 10.1 Å². The van der Waals surface area contributed by atoms with Crippen molar-refractivity contribution >= 4 is 11.6 Å². The minimum atomic E-state index is -0.571. The molecule has 0 bridgehead atoms. The Bertz CT molecular complexity index is 1200. The molecule has 0 saturated carbocycles. The van der Waals surface area contributed by atoms with Gasteiger partial charge in [-0.05, 0) is 50.2 Å². The van der Waals surface area contributed by atoms with Crippen LogP contribution in [-0.4, -0.2) is 25.4 Å². The zero-order valence-corrected chi connectivity index (χ0v) is 16.3. The number of rotatable bonds is 5. The van der Waals surface area contributed by atoms with Crippen LogP contribution in [0.3, 0.4) is 0 Å². The van der Waals surface area contributed by atoms with Crippen LogP contribution in [0.4, 0.5) is 10.1 Å². The van der Waals surface area contributed by atoms with Crippen LogP contribution >= 0.6 is 0 Å². The van der Waals surface area contributed by atoms with Crippen molar-refractivity contribution in [1.82, 2.24) is 19.5 Å². The molecule has 4 aromatic rings. The first-order valence-corrected chi connectivity index (χ1v) is 9.19. The third kappa shape index (κ3) is 4.17. The maximum absolute atomic E-state index is 13.7. The number of carbonyl (C=O) groups excluding carboxylic acids is 1. The summed E-state index contributed by atoms with van der Waals surface area (Å²) in [5.41, 5.74) is 0.501. The van der Waals surface area contributed by atoms with Gasteiger partial charge in [-0.15, -0.1) is 0 Å². The fourth-order valence-corrected chi connectivity index (χ4v) is 2.89. The number of nitrogens with one attached hydrogen (secondary N) is 1.